The fourth-order valence-electron chi connectivity index (χ4n) is 3.34. The normalized spacial score (nSPS) is 12.2. The molecule has 1 heterocycles. The number of hydrogen-bond donors (Lipinski definition) is 2. The first-order chi connectivity index (χ1) is 12.8. The highest BCUT2D eigenvalue weighted by atomic mass is 35.5. The van der Waals surface area contributed by atoms with Gasteiger partial charge < -0.3 is 10.4 Å². The summed E-state index contributed by atoms with van der Waals surface area (Å²) in [6.45, 7) is 3.28. The molecule has 1 atom stereocenters. The molecular formula is C20H18ClFN2O3. The number of aromatic hydroxyl groups is 1. The Hall–Kier alpha value is -2.86. The summed E-state index contributed by atoms with van der Waals surface area (Å²) in [5.74, 6) is -2.81. The molecule has 0 aliphatic heterocycles. The number of amides is 1. The molecular weight excluding hydrogens is 371 g/mol. The van der Waals surface area contributed by atoms with Crippen molar-refractivity contribution in [2.45, 2.75) is 19.8 Å². The van der Waals surface area contributed by atoms with Gasteiger partial charge in [-0.15, -0.1) is 0 Å². The van der Waals surface area contributed by atoms with Crippen molar-refractivity contribution in [2.75, 3.05) is 7.05 Å². The topological polar surface area (TPSA) is 71.3 Å². The van der Waals surface area contributed by atoms with Gasteiger partial charge in [-0.25, -0.2) is 4.39 Å². The van der Waals surface area contributed by atoms with E-state index in [1.54, 1.807) is 38.1 Å². The van der Waals surface area contributed by atoms with Crippen molar-refractivity contribution >= 4 is 34.3 Å². The summed E-state index contributed by atoms with van der Waals surface area (Å²) in [4.78, 5) is 25.3. The zero-order valence-electron chi connectivity index (χ0n) is 15.0. The molecule has 0 fully saturated rings. The van der Waals surface area contributed by atoms with Gasteiger partial charge in [0.2, 0.25) is 5.91 Å². The van der Waals surface area contributed by atoms with E-state index in [1.165, 1.54) is 23.7 Å². The van der Waals surface area contributed by atoms with Crippen molar-refractivity contribution in [1.82, 2.24) is 9.88 Å². The maximum Gasteiger partial charge on any atom is 0.262 e. The van der Waals surface area contributed by atoms with Gasteiger partial charge in [-0.05, 0) is 55.8 Å². The van der Waals surface area contributed by atoms with Gasteiger partial charge in [0.15, 0.2) is 11.6 Å². The van der Waals surface area contributed by atoms with Crippen LogP contribution in [-0.4, -0.2) is 28.5 Å². The van der Waals surface area contributed by atoms with Crippen LogP contribution in [0.1, 0.15) is 34.5 Å². The number of halogens is 2. The maximum atomic E-state index is 14.8. The standard InChI is InChI=1S/C20H18ClFN2O3/c1-10(19(26)23-3)16-11(2)24(14-8-9-15(25)18(22)17(14)16)20(27)12-4-6-13(21)7-5-12/h4-10,25H,1-3H3,(H,23,26)/t10-/m1/s1. The predicted octanol–water partition coefficient (Wildman–Crippen LogP) is 3.99. The van der Waals surface area contributed by atoms with Gasteiger partial charge in [0.1, 0.15) is 0 Å². The molecule has 27 heavy (non-hydrogen) atoms. The molecule has 3 rings (SSSR count). The first-order valence-electron chi connectivity index (χ1n) is 8.32. The zero-order valence-corrected chi connectivity index (χ0v) is 15.8. The Morgan fingerprint density at radius 1 is 1.19 bits per heavy atom. The van der Waals surface area contributed by atoms with Crippen LogP contribution in [0.25, 0.3) is 10.9 Å². The highest BCUT2D eigenvalue weighted by molar-refractivity contribution is 6.30. The maximum absolute atomic E-state index is 14.8. The van der Waals surface area contributed by atoms with Crippen LogP contribution in [0, 0.1) is 12.7 Å². The number of nitrogens with zero attached hydrogens (tertiary/aromatic N) is 1. The highest BCUT2D eigenvalue weighted by Crippen LogP contribution is 2.37. The summed E-state index contributed by atoms with van der Waals surface area (Å²) >= 11 is 5.88. The van der Waals surface area contributed by atoms with E-state index >= 15 is 0 Å². The number of rotatable bonds is 3. The minimum atomic E-state index is -0.857. The van der Waals surface area contributed by atoms with Crippen LogP contribution in [0.3, 0.4) is 0 Å². The van der Waals surface area contributed by atoms with Crippen LogP contribution < -0.4 is 5.32 Å². The van der Waals surface area contributed by atoms with E-state index in [9.17, 15) is 19.1 Å². The molecule has 0 unspecified atom stereocenters. The predicted molar refractivity (Wildman–Crippen MR) is 102 cm³/mol. The van der Waals surface area contributed by atoms with Crippen molar-refractivity contribution in [2.24, 2.45) is 0 Å². The fourth-order valence-corrected chi connectivity index (χ4v) is 3.47. The molecule has 3 aromatic rings. The van der Waals surface area contributed by atoms with Gasteiger partial charge in [0.05, 0.1) is 11.4 Å². The Morgan fingerprint density at radius 2 is 1.81 bits per heavy atom. The van der Waals surface area contributed by atoms with Crippen LogP contribution in [-0.2, 0) is 4.79 Å². The van der Waals surface area contributed by atoms with Crippen LogP contribution in [0.4, 0.5) is 4.39 Å². The molecule has 0 saturated carbocycles. The zero-order chi connectivity index (χ0) is 19.9. The largest absolute Gasteiger partial charge is 0.505 e. The molecule has 0 bridgehead atoms. The molecule has 0 spiro atoms. The van der Waals surface area contributed by atoms with Gasteiger partial charge >= 0.3 is 0 Å². The highest BCUT2D eigenvalue weighted by Gasteiger charge is 2.28. The van der Waals surface area contributed by atoms with E-state index in [1.807, 2.05) is 0 Å². The van der Waals surface area contributed by atoms with Crippen molar-refractivity contribution in [3.63, 3.8) is 0 Å². The van der Waals surface area contributed by atoms with Crippen LogP contribution in [0.15, 0.2) is 36.4 Å². The van der Waals surface area contributed by atoms with E-state index in [0.717, 1.165) is 0 Å². The number of nitrogens with one attached hydrogen (secondary N) is 1. The number of hydrogen-bond acceptors (Lipinski definition) is 3. The van der Waals surface area contributed by atoms with E-state index < -0.39 is 17.5 Å². The fraction of sp³-hybridized carbons (Fsp3) is 0.200. The molecule has 5 nitrogen and oxygen atoms in total. The van der Waals surface area contributed by atoms with Crippen molar-refractivity contribution in [3.05, 3.63) is 64.1 Å². The smallest absolute Gasteiger partial charge is 0.262 e. The number of fused-ring (bicyclic) bond motifs is 1. The first kappa shape index (κ1) is 18.9. The minimum Gasteiger partial charge on any atom is -0.505 e. The number of benzene rings is 2. The van der Waals surface area contributed by atoms with Gasteiger partial charge in [-0.2, -0.15) is 0 Å². The summed E-state index contributed by atoms with van der Waals surface area (Å²) in [6, 6.07) is 9.00. The van der Waals surface area contributed by atoms with E-state index in [4.69, 9.17) is 11.6 Å². The average Bonchev–Trinajstić information content (AvgIpc) is 2.96. The van der Waals surface area contributed by atoms with E-state index in [-0.39, 0.29) is 22.7 Å². The number of carbonyl (C=O) groups is 2. The molecule has 2 N–H and O–H groups in total. The molecule has 0 radical (unpaired) electrons. The van der Waals surface area contributed by atoms with Crippen LogP contribution >= 0.6 is 11.6 Å². The first-order valence-corrected chi connectivity index (χ1v) is 8.70. The molecule has 2 aromatic carbocycles. The third-order valence-corrected chi connectivity index (χ3v) is 4.95. The summed E-state index contributed by atoms with van der Waals surface area (Å²) in [5.41, 5.74) is 1.45. The lowest BCUT2D eigenvalue weighted by molar-refractivity contribution is -0.121. The number of likely N-dealkylation sites (N-methyl/N-ethyl adjacent to an activating group) is 1. The number of phenols is 1. The second kappa shape index (κ2) is 7.04. The Bertz CT molecular complexity index is 1060. The molecule has 1 amide bonds. The van der Waals surface area contributed by atoms with Gasteiger partial charge in [-0.1, -0.05) is 11.6 Å². The number of aromatic nitrogens is 1. The number of phenolic OH excluding ortho intramolecular Hbond substituents is 1. The monoisotopic (exact) mass is 388 g/mol. The lowest BCUT2D eigenvalue weighted by Crippen LogP contribution is -2.24. The second-order valence-electron chi connectivity index (χ2n) is 6.28. The Balaban J connectivity index is 2.32. The molecule has 140 valence electrons. The van der Waals surface area contributed by atoms with E-state index in [2.05, 4.69) is 5.32 Å². The summed E-state index contributed by atoms with van der Waals surface area (Å²) in [6.07, 6.45) is 0. The molecule has 0 aliphatic carbocycles. The number of carbonyl (C=O) groups excluding carboxylic acids is 2. The van der Waals surface area contributed by atoms with Gasteiger partial charge in [0.25, 0.3) is 5.91 Å². The SMILES string of the molecule is CNC(=O)[C@H](C)c1c(C)n(C(=O)c2ccc(Cl)cc2)c2ccc(O)c(F)c12. The Morgan fingerprint density at radius 3 is 2.41 bits per heavy atom. The van der Waals surface area contributed by atoms with Crippen LogP contribution in [0.2, 0.25) is 5.02 Å². The average molecular weight is 389 g/mol. The lowest BCUT2D eigenvalue weighted by Gasteiger charge is -2.12. The van der Waals surface area contributed by atoms with Crippen molar-refractivity contribution in [1.29, 1.82) is 0 Å². The summed E-state index contributed by atoms with van der Waals surface area (Å²) < 4.78 is 16.1. The van der Waals surface area contributed by atoms with E-state index in [0.29, 0.717) is 21.8 Å². The van der Waals surface area contributed by atoms with Crippen LogP contribution in [0.5, 0.6) is 5.75 Å². The molecule has 7 heteroatoms. The third-order valence-electron chi connectivity index (χ3n) is 4.70. The quantitative estimate of drug-likeness (QED) is 0.712. The second-order valence-corrected chi connectivity index (χ2v) is 6.71. The van der Waals surface area contributed by atoms with Crippen molar-refractivity contribution < 1.29 is 19.1 Å². The third kappa shape index (κ3) is 3.06. The molecule has 0 saturated heterocycles. The minimum absolute atomic E-state index is 0.0610. The Kier molecular flexibility index (Phi) is 4.93. The van der Waals surface area contributed by atoms with Gasteiger partial charge in [0, 0.05) is 28.7 Å². The lowest BCUT2D eigenvalue weighted by atomic mass is 9.96. The summed E-state index contributed by atoms with van der Waals surface area (Å²) in [5, 5.41) is 12.9. The summed E-state index contributed by atoms with van der Waals surface area (Å²) in [7, 11) is 1.49. The molecule has 0 aliphatic rings. The van der Waals surface area contributed by atoms with Gasteiger partial charge in [-0.3, -0.25) is 14.2 Å². The Labute approximate surface area is 160 Å². The van der Waals surface area contributed by atoms with Crippen molar-refractivity contribution in [3.8, 4) is 5.75 Å². The molecule has 1 aromatic heterocycles.